The van der Waals surface area contributed by atoms with Crippen LogP contribution in [-0.4, -0.2) is 0 Å². The van der Waals surface area contributed by atoms with Crippen molar-refractivity contribution in [2.45, 2.75) is 13.8 Å². The first kappa shape index (κ1) is 4.13. The van der Waals surface area contributed by atoms with Gasteiger partial charge in [0.05, 0.1) is 0 Å². The summed E-state index contributed by atoms with van der Waals surface area (Å²) in [5, 5.41) is 2.98. The van der Waals surface area contributed by atoms with E-state index in [1.54, 1.807) is 0 Å². The van der Waals surface area contributed by atoms with Crippen LogP contribution < -0.4 is 0 Å². The zero-order valence-electron chi connectivity index (χ0n) is 5.15. The lowest BCUT2D eigenvalue weighted by Crippen LogP contribution is -1.97. The third-order valence-electron chi connectivity index (χ3n) is 2.08. The Hall–Kier alpha value is -0.780. The summed E-state index contributed by atoms with van der Waals surface area (Å²) in [5.41, 5.74) is 2.98. The molecule has 0 aliphatic heterocycles. The maximum Gasteiger partial charge on any atom is -0.0149 e. The van der Waals surface area contributed by atoms with Gasteiger partial charge in [-0.2, -0.15) is 0 Å². The van der Waals surface area contributed by atoms with Crippen LogP contribution in [0.25, 0.3) is 0 Å². The summed E-state index contributed by atoms with van der Waals surface area (Å²) in [4.78, 5) is 0. The van der Waals surface area contributed by atoms with E-state index < -0.39 is 0 Å². The lowest BCUT2D eigenvalue weighted by Gasteiger charge is -2.11. The van der Waals surface area contributed by atoms with E-state index in [0.29, 0.717) is 0 Å². The molecule has 0 amide bonds. The van der Waals surface area contributed by atoms with Crippen molar-refractivity contribution in [3.05, 3.63) is 33.7 Å². The highest BCUT2D eigenvalue weighted by molar-refractivity contribution is 5.40. The third kappa shape index (κ3) is 0.227. The third-order valence-corrected chi connectivity index (χ3v) is 2.08. The van der Waals surface area contributed by atoms with Gasteiger partial charge < -0.3 is 0 Å². The van der Waals surface area contributed by atoms with Crippen LogP contribution in [0, 0.1) is 24.3 Å². The normalized spacial score (nSPS) is 11.8. The molecule has 2 aliphatic rings. The molecule has 0 nitrogen and oxygen atoms in total. The first-order chi connectivity index (χ1) is 3.80. The fraction of sp³-hybridized carbons (Fsp3) is 0.250. The SMILES string of the molecule is Cc1c(C)c2ccc1=2. The summed E-state index contributed by atoms with van der Waals surface area (Å²) in [6.07, 6.45) is 0. The van der Waals surface area contributed by atoms with E-state index in [1.165, 1.54) is 21.6 Å². The smallest absolute Gasteiger partial charge is 0.0149 e. The number of rotatable bonds is 0. The van der Waals surface area contributed by atoms with Gasteiger partial charge in [-0.15, -0.1) is 0 Å². The fourth-order valence-electron chi connectivity index (χ4n) is 1.25. The van der Waals surface area contributed by atoms with Crippen molar-refractivity contribution in [3.63, 3.8) is 0 Å². The molecule has 0 aromatic carbocycles. The van der Waals surface area contributed by atoms with E-state index in [-0.39, 0.29) is 0 Å². The molecule has 0 heteroatoms. The Balaban J connectivity index is 2.94. The molecule has 2 rings (SSSR count). The van der Waals surface area contributed by atoms with Gasteiger partial charge in [-0.3, -0.25) is 0 Å². The summed E-state index contributed by atoms with van der Waals surface area (Å²) < 4.78 is 0. The zero-order valence-corrected chi connectivity index (χ0v) is 5.15. The Morgan fingerprint density at radius 3 is 1.38 bits per heavy atom. The fourth-order valence-corrected chi connectivity index (χ4v) is 1.25. The highest BCUT2D eigenvalue weighted by Crippen LogP contribution is 2.20. The Kier molecular flexibility index (Phi) is 0.501. The summed E-state index contributed by atoms with van der Waals surface area (Å²) >= 11 is 0. The molecule has 0 fully saturated rings. The van der Waals surface area contributed by atoms with Crippen LogP contribution in [0.3, 0.4) is 0 Å². The molecular formula is C8H8. The molecule has 0 aromatic rings. The van der Waals surface area contributed by atoms with Gasteiger partial charge in [-0.1, -0.05) is 12.1 Å². The van der Waals surface area contributed by atoms with E-state index in [4.69, 9.17) is 0 Å². The molecule has 0 aromatic heterocycles. The Morgan fingerprint density at radius 1 is 0.875 bits per heavy atom. The average molecular weight is 104 g/mol. The standard InChI is InChI=1S/C8H8/c1-5-6(2)8-4-3-7(5)8/h3-4H,1-2H3. The van der Waals surface area contributed by atoms with Crippen LogP contribution >= 0.6 is 0 Å². The minimum absolute atomic E-state index is 1.49. The minimum atomic E-state index is 1.49. The molecule has 0 bridgehead atoms. The summed E-state index contributed by atoms with van der Waals surface area (Å²) in [5.74, 6) is 0. The molecule has 0 saturated heterocycles. The second kappa shape index (κ2) is 0.970. The molecule has 0 unspecified atom stereocenters. The lowest BCUT2D eigenvalue weighted by atomic mass is 9.93. The van der Waals surface area contributed by atoms with E-state index in [2.05, 4.69) is 26.0 Å². The molecule has 2 aliphatic carbocycles. The van der Waals surface area contributed by atoms with Gasteiger partial charge >= 0.3 is 0 Å². The molecule has 8 heavy (non-hydrogen) atoms. The van der Waals surface area contributed by atoms with Crippen molar-refractivity contribution in [2.24, 2.45) is 0 Å². The molecule has 0 saturated carbocycles. The monoisotopic (exact) mass is 104 g/mol. The minimum Gasteiger partial charge on any atom is -0.0535 e. The van der Waals surface area contributed by atoms with Gasteiger partial charge in [0.15, 0.2) is 0 Å². The summed E-state index contributed by atoms with van der Waals surface area (Å²) in [6, 6.07) is 4.36. The van der Waals surface area contributed by atoms with Gasteiger partial charge in [-0.25, -0.2) is 0 Å². The predicted octanol–water partition coefficient (Wildman–Crippen LogP) is 1.90. The highest BCUT2D eigenvalue weighted by atomic mass is 14.1. The molecule has 0 atom stereocenters. The van der Waals surface area contributed by atoms with Crippen LogP contribution in [-0.2, 0) is 0 Å². The first-order valence-electron chi connectivity index (χ1n) is 2.91. The first-order valence-corrected chi connectivity index (χ1v) is 2.91. The van der Waals surface area contributed by atoms with E-state index >= 15 is 0 Å². The van der Waals surface area contributed by atoms with Crippen LogP contribution in [0.4, 0.5) is 0 Å². The molecule has 0 spiro atoms. The van der Waals surface area contributed by atoms with Crippen molar-refractivity contribution >= 4 is 0 Å². The Bertz CT molecular complexity index is 288. The van der Waals surface area contributed by atoms with Crippen LogP contribution in [0.15, 0.2) is 12.1 Å². The Labute approximate surface area is 48.5 Å². The number of hydrogen-bond donors (Lipinski definition) is 0. The van der Waals surface area contributed by atoms with Crippen LogP contribution in [0.2, 0.25) is 0 Å². The van der Waals surface area contributed by atoms with Gasteiger partial charge in [0.25, 0.3) is 0 Å². The van der Waals surface area contributed by atoms with Gasteiger partial charge in [-0.05, 0) is 35.4 Å². The van der Waals surface area contributed by atoms with Crippen LogP contribution in [0.1, 0.15) is 11.1 Å². The molecule has 0 radical (unpaired) electrons. The van der Waals surface area contributed by atoms with E-state index in [0.717, 1.165) is 0 Å². The summed E-state index contributed by atoms with van der Waals surface area (Å²) in [7, 11) is 0. The van der Waals surface area contributed by atoms with Crippen molar-refractivity contribution in [2.75, 3.05) is 0 Å². The quantitative estimate of drug-likeness (QED) is 0.479. The van der Waals surface area contributed by atoms with E-state index in [9.17, 15) is 0 Å². The van der Waals surface area contributed by atoms with Gasteiger partial charge in [0, 0.05) is 0 Å². The maximum atomic E-state index is 2.18. The molecular weight excluding hydrogens is 96.1 g/mol. The molecule has 0 heterocycles. The Morgan fingerprint density at radius 2 is 1.25 bits per heavy atom. The van der Waals surface area contributed by atoms with Crippen molar-refractivity contribution < 1.29 is 0 Å². The average Bonchev–Trinajstić information content (AvgIpc) is 1.64. The molecule has 0 N–H and O–H groups in total. The van der Waals surface area contributed by atoms with Gasteiger partial charge in [0.2, 0.25) is 0 Å². The number of benzene rings is 1. The lowest BCUT2D eigenvalue weighted by molar-refractivity contribution is 1.17. The molecule has 40 valence electrons. The summed E-state index contributed by atoms with van der Waals surface area (Å²) in [6.45, 7) is 4.36. The second-order valence-corrected chi connectivity index (χ2v) is 2.41. The number of hydrogen-bond acceptors (Lipinski definition) is 0. The topological polar surface area (TPSA) is 0 Å². The largest absolute Gasteiger partial charge is 0.0535 e. The van der Waals surface area contributed by atoms with Crippen molar-refractivity contribution in [3.8, 4) is 0 Å². The van der Waals surface area contributed by atoms with Crippen molar-refractivity contribution in [1.29, 1.82) is 0 Å². The second-order valence-electron chi connectivity index (χ2n) is 2.41. The van der Waals surface area contributed by atoms with Gasteiger partial charge in [0.1, 0.15) is 0 Å². The maximum absolute atomic E-state index is 2.18. The van der Waals surface area contributed by atoms with Crippen molar-refractivity contribution in [1.82, 2.24) is 0 Å². The highest BCUT2D eigenvalue weighted by Gasteiger charge is 2.05. The van der Waals surface area contributed by atoms with E-state index in [1.807, 2.05) is 0 Å². The zero-order chi connectivity index (χ0) is 5.72. The predicted molar refractivity (Wildman–Crippen MR) is 33.6 cm³/mol. The van der Waals surface area contributed by atoms with Crippen LogP contribution in [0.5, 0.6) is 0 Å².